The van der Waals surface area contributed by atoms with Crippen molar-refractivity contribution in [3.05, 3.63) is 11.8 Å². The van der Waals surface area contributed by atoms with E-state index in [2.05, 4.69) is 0 Å². The van der Waals surface area contributed by atoms with Gasteiger partial charge in [0.2, 0.25) is 0 Å². The molecule has 6 heteroatoms. The number of aliphatic hydroxyl groups is 4. The van der Waals surface area contributed by atoms with Crippen molar-refractivity contribution in [1.82, 2.24) is 0 Å². The minimum atomic E-state index is -0.740. The van der Waals surface area contributed by atoms with Gasteiger partial charge in [-0.25, -0.2) is 0 Å². The molecular formula is C12H24O6. The molecule has 0 aliphatic heterocycles. The third-order valence-electron chi connectivity index (χ3n) is 2.19. The summed E-state index contributed by atoms with van der Waals surface area (Å²) in [5.41, 5.74) is -0.740. The molecular weight excluding hydrogens is 240 g/mol. The minimum Gasteiger partial charge on any atom is -0.490 e. The highest BCUT2D eigenvalue weighted by Crippen LogP contribution is 2.17. The Balaban J connectivity index is 4.50. The van der Waals surface area contributed by atoms with Crippen LogP contribution in [0.25, 0.3) is 0 Å². The van der Waals surface area contributed by atoms with Crippen LogP contribution >= 0.6 is 0 Å². The monoisotopic (exact) mass is 264 g/mol. The molecule has 0 unspecified atom stereocenters. The molecule has 0 saturated heterocycles. The molecule has 108 valence electrons. The van der Waals surface area contributed by atoms with Crippen LogP contribution in [0, 0.1) is 0 Å². The van der Waals surface area contributed by atoms with E-state index < -0.39 is 17.8 Å². The first-order valence-corrected chi connectivity index (χ1v) is 5.85. The second-order valence-corrected chi connectivity index (χ2v) is 4.57. The van der Waals surface area contributed by atoms with Crippen LogP contribution in [0.15, 0.2) is 11.8 Å². The fourth-order valence-electron chi connectivity index (χ4n) is 1.51. The quantitative estimate of drug-likeness (QED) is 0.415. The van der Waals surface area contributed by atoms with Gasteiger partial charge in [-0.1, -0.05) is 0 Å². The molecule has 0 aliphatic rings. The van der Waals surface area contributed by atoms with E-state index in [1.54, 1.807) is 26.8 Å². The van der Waals surface area contributed by atoms with E-state index in [9.17, 15) is 0 Å². The first kappa shape index (κ1) is 17.3. The zero-order valence-electron chi connectivity index (χ0n) is 11.2. The van der Waals surface area contributed by atoms with Crippen LogP contribution in [0.5, 0.6) is 0 Å². The second-order valence-electron chi connectivity index (χ2n) is 4.57. The topological polar surface area (TPSA) is 99.4 Å². The van der Waals surface area contributed by atoms with Crippen LogP contribution in [-0.4, -0.2) is 64.7 Å². The van der Waals surface area contributed by atoms with Gasteiger partial charge in [-0.15, -0.1) is 0 Å². The van der Waals surface area contributed by atoms with E-state index in [0.29, 0.717) is 5.76 Å². The maximum absolute atomic E-state index is 8.94. The molecule has 4 N–H and O–H groups in total. The number of aliphatic hydroxyl groups excluding tert-OH is 4. The maximum Gasteiger partial charge on any atom is 0.144 e. The van der Waals surface area contributed by atoms with Crippen molar-refractivity contribution in [2.45, 2.75) is 38.6 Å². The van der Waals surface area contributed by atoms with Crippen molar-refractivity contribution in [2.24, 2.45) is 0 Å². The van der Waals surface area contributed by atoms with Gasteiger partial charge >= 0.3 is 0 Å². The molecule has 0 amide bonds. The Kier molecular flexibility index (Phi) is 8.13. The van der Waals surface area contributed by atoms with E-state index >= 15 is 0 Å². The summed E-state index contributed by atoms with van der Waals surface area (Å²) < 4.78 is 10.8. The highest BCUT2D eigenvalue weighted by Gasteiger charge is 2.22. The van der Waals surface area contributed by atoms with Gasteiger partial charge in [-0.3, -0.25) is 0 Å². The number of rotatable bonds is 9. The van der Waals surface area contributed by atoms with Crippen LogP contribution in [0.3, 0.4) is 0 Å². The zero-order chi connectivity index (χ0) is 14.2. The Morgan fingerprint density at radius 1 is 1.00 bits per heavy atom. The molecule has 0 bridgehead atoms. The first-order chi connectivity index (χ1) is 8.38. The second kappa shape index (κ2) is 8.44. The number of hydrogen-bond acceptors (Lipinski definition) is 6. The maximum atomic E-state index is 8.94. The third-order valence-corrected chi connectivity index (χ3v) is 2.19. The first-order valence-electron chi connectivity index (χ1n) is 5.85. The van der Waals surface area contributed by atoms with Crippen LogP contribution in [-0.2, 0) is 9.47 Å². The predicted octanol–water partition coefficient (Wildman–Crippen LogP) is -0.592. The van der Waals surface area contributed by atoms with Crippen molar-refractivity contribution in [1.29, 1.82) is 0 Å². The molecule has 0 aliphatic carbocycles. The normalized spacial score (nSPS) is 13.5. The lowest BCUT2D eigenvalue weighted by molar-refractivity contribution is -0.0868. The van der Waals surface area contributed by atoms with Gasteiger partial charge in [-0.05, 0) is 26.8 Å². The van der Waals surface area contributed by atoms with E-state index in [1.807, 2.05) is 0 Å². The van der Waals surface area contributed by atoms with Crippen LogP contribution < -0.4 is 0 Å². The average molecular weight is 264 g/mol. The smallest absolute Gasteiger partial charge is 0.144 e. The Bertz CT molecular complexity index is 243. The molecule has 0 atom stereocenters. The molecule has 0 fully saturated rings. The van der Waals surface area contributed by atoms with Gasteiger partial charge in [0.25, 0.3) is 0 Å². The summed E-state index contributed by atoms with van der Waals surface area (Å²) >= 11 is 0. The molecule has 0 spiro atoms. The third kappa shape index (κ3) is 6.93. The van der Waals surface area contributed by atoms with E-state index in [1.165, 1.54) is 0 Å². The highest BCUT2D eigenvalue weighted by molar-refractivity contribution is 5.02. The van der Waals surface area contributed by atoms with Gasteiger partial charge in [-0.2, -0.15) is 0 Å². The number of hydrogen-bond donors (Lipinski definition) is 4. The molecule has 18 heavy (non-hydrogen) atoms. The summed E-state index contributed by atoms with van der Waals surface area (Å²) in [5.74, 6) is 0.489. The standard InChI is InChI=1S/C12H24O6/c1-9(17-10(5-13)6-14)4-12(2,3)18-11(7-15)8-16/h4,10-11,13-16H,5-8H2,1-3H3/b9-4+. The molecule has 0 rings (SSSR count). The number of allylic oxidation sites excluding steroid dienone is 1. The molecule has 0 aromatic carbocycles. The molecule has 0 aromatic heterocycles. The van der Waals surface area contributed by atoms with Gasteiger partial charge in [0, 0.05) is 0 Å². The molecule has 6 nitrogen and oxygen atoms in total. The Labute approximate surface area is 107 Å². The summed E-state index contributed by atoms with van der Waals surface area (Å²) in [7, 11) is 0. The Morgan fingerprint density at radius 3 is 1.83 bits per heavy atom. The summed E-state index contributed by atoms with van der Waals surface area (Å²) in [6, 6.07) is 0. The SMILES string of the molecule is C/C(=C\C(C)(C)OC(CO)CO)OC(CO)CO. The zero-order valence-corrected chi connectivity index (χ0v) is 11.2. The summed E-state index contributed by atoms with van der Waals surface area (Å²) in [6.07, 6.45) is 0.336. The van der Waals surface area contributed by atoms with Crippen LogP contribution in [0.1, 0.15) is 20.8 Å². The lowest BCUT2D eigenvalue weighted by Gasteiger charge is -2.27. The van der Waals surface area contributed by atoms with Crippen LogP contribution in [0.2, 0.25) is 0 Å². The largest absolute Gasteiger partial charge is 0.490 e. The minimum absolute atomic E-state index is 0.274. The van der Waals surface area contributed by atoms with E-state index in [4.69, 9.17) is 29.9 Å². The van der Waals surface area contributed by atoms with Crippen molar-refractivity contribution < 1.29 is 29.9 Å². The Hall–Kier alpha value is -0.660. The summed E-state index contributed by atoms with van der Waals surface area (Å²) in [6.45, 7) is 4.08. The van der Waals surface area contributed by atoms with Crippen molar-refractivity contribution in [3.63, 3.8) is 0 Å². The fraction of sp³-hybridized carbons (Fsp3) is 0.833. The predicted molar refractivity (Wildman–Crippen MR) is 65.9 cm³/mol. The average Bonchev–Trinajstić information content (AvgIpc) is 2.32. The van der Waals surface area contributed by atoms with E-state index in [0.717, 1.165) is 0 Å². The lowest BCUT2D eigenvalue weighted by Crippen LogP contribution is -2.34. The summed E-state index contributed by atoms with van der Waals surface area (Å²) in [4.78, 5) is 0. The number of ether oxygens (including phenoxy) is 2. The van der Waals surface area contributed by atoms with Gasteiger partial charge in [0.15, 0.2) is 0 Å². The van der Waals surface area contributed by atoms with Crippen molar-refractivity contribution in [2.75, 3.05) is 26.4 Å². The van der Waals surface area contributed by atoms with Gasteiger partial charge in [0.05, 0.1) is 37.8 Å². The van der Waals surface area contributed by atoms with Crippen molar-refractivity contribution >= 4 is 0 Å². The lowest BCUT2D eigenvalue weighted by atomic mass is 10.1. The van der Waals surface area contributed by atoms with Gasteiger partial charge in [0.1, 0.15) is 12.2 Å². The fourth-order valence-corrected chi connectivity index (χ4v) is 1.51. The summed E-state index contributed by atoms with van der Waals surface area (Å²) in [5, 5.41) is 35.7. The Morgan fingerprint density at radius 2 is 1.44 bits per heavy atom. The van der Waals surface area contributed by atoms with Gasteiger partial charge < -0.3 is 29.9 Å². The molecule has 0 saturated carbocycles. The molecule has 0 aromatic rings. The molecule has 0 radical (unpaired) electrons. The highest BCUT2D eigenvalue weighted by atomic mass is 16.5. The molecule has 0 heterocycles. The van der Waals surface area contributed by atoms with E-state index in [-0.39, 0.29) is 26.4 Å². The van der Waals surface area contributed by atoms with Crippen LogP contribution in [0.4, 0.5) is 0 Å². The van der Waals surface area contributed by atoms with Crippen molar-refractivity contribution in [3.8, 4) is 0 Å².